The van der Waals surface area contributed by atoms with E-state index in [0.29, 0.717) is 24.4 Å². The molecule has 0 fully saturated rings. The monoisotopic (exact) mass is 468 g/mol. The number of hydrogen-bond acceptors (Lipinski definition) is 6. The molecule has 1 aromatic carbocycles. The number of nitrogens with one attached hydrogen (secondary N) is 2. The lowest BCUT2D eigenvalue weighted by Crippen LogP contribution is -2.40. The van der Waals surface area contributed by atoms with Crippen molar-refractivity contribution < 1.29 is 29.1 Å². The summed E-state index contributed by atoms with van der Waals surface area (Å²) in [7, 11) is 0. The van der Waals surface area contributed by atoms with Gasteiger partial charge in [0.05, 0.1) is 18.0 Å². The minimum absolute atomic E-state index is 0.142. The van der Waals surface area contributed by atoms with Crippen molar-refractivity contribution in [2.75, 3.05) is 0 Å². The highest BCUT2D eigenvalue weighted by atomic mass is 16.5. The fourth-order valence-electron chi connectivity index (χ4n) is 3.62. The highest BCUT2D eigenvalue weighted by molar-refractivity contribution is 5.93. The number of imidazole rings is 1. The SMILES string of the molecule is CCCCc1ncc(C(=O)NC(CC(=O)NO)Cc2ccco2)n1Cc1ccc(C(=O)O)cc1. The summed E-state index contributed by atoms with van der Waals surface area (Å²) in [5.74, 6) is -0.726. The molecule has 2 amide bonds. The van der Waals surface area contributed by atoms with Gasteiger partial charge in [0, 0.05) is 31.8 Å². The predicted octanol–water partition coefficient (Wildman–Crippen LogP) is 2.80. The van der Waals surface area contributed by atoms with Gasteiger partial charge in [0.15, 0.2) is 0 Å². The number of hydrogen-bond donors (Lipinski definition) is 4. The highest BCUT2D eigenvalue weighted by Crippen LogP contribution is 2.15. The van der Waals surface area contributed by atoms with Crippen molar-refractivity contribution in [2.45, 2.75) is 51.6 Å². The first-order valence-electron chi connectivity index (χ1n) is 11.0. The third kappa shape index (κ3) is 6.55. The van der Waals surface area contributed by atoms with E-state index in [2.05, 4.69) is 17.2 Å². The number of aromatic nitrogens is 2. The predicted molar refractivity (Wildman–Crippen MR) is 122 cm³/mol. The van der Waals surface area contributed by atoms with Crippen LogP contribution in [0.4, 0.5) is 0 Å². The number of aromatic carboxylic acids is 1. The Labute approximate surface area is 196 Å². The number of carboxylic acid groups (broad SMARTS) is 1. The van der Waals surface area contributed by atoms with Gasteiger partial charge in [-0.2, -0.15) is 0 Å². The number of hydroxylamine groups is 1. The van der Waals surface area contributed by atoms with Crippen LogP contribution in [0, 0.1) is 0 Å². The molecule has 1 unspecified atom stereocenters. The van der Waals surface area contributed by atoms with E-state index < -0.39 is 23.8 Å². The van der Waals surface area contributed by atoms with E-state index in [-0.39, 0.29) is 18.4 Å². The minimum atomic E-state index is -1.01. The average Bonchev–Trinajstić information content (AvgIpc) is 3.47. The number of carbonyl (C=O) groups is 3. The van der Waals surface area contributed by atoms with Crippen LogP contribution in [-0.4, -0.2) is 43.7 Å². The van der Waals surface area contributed by atoms with Gasteiger partial charge in [-0.25, -0.2) is 15.3 Å². The summed E-state index contributed by atoms with van der Waals surface area (Å²) in [6.07, 6.45) is 5.67. The quantitative estimate of drug-likeness (QED) is 0.236. The van der Waals surface area contributed by atoms with E-state index in [4.69, 9.17) is 14.7 Å². The van der Waals surface area contributed by atoms with Crippen molar-refractivity contribution in [3.8, 4) is 0 Å². The van der Waals surface area contributed by atoms with E-state index in [1.807, 2.05) is 0 Å². The second-order valence-electron chi connectivity index (χ2n) is 7.94. The van der Waals surface area contributed by atoms with Crippen LogP contribution in [0.5, 0.6) is 0 Å². The average molecular weight is 469 g/mol. The fraction of sp³-hybridized carbons (Fsp3) is 0.333. The van der Waals surface area contributed by atoms with Crippen LogP contribution >= 0.6 is 0 Å². The maximum atomic E-state index is 13.2. The van der Waals surface area contributed by atoms with Crippen molar-refractivity contribution in [3.05, 3.63) is 77.3 Å². The van der Waals surface area contributed by atoms with Gasteiger partial charge in [-0.15, -0.1) is 0 Å². The molecule has 3 rings (SSSR count). The van der Waals surface area contributed by atoms with Crippen LogP contribution in [0.1, 0.15) is 64.2 Å². The summed E-state index contributed by atoms with van der Waals surface area (Å²) in [6.45, 7) is 2.40. The summed E-state index contributed by atoms with van der Waals surface area (Å²) < 4.78 is 7.14. The second-order valence-corrected chi connectivity index (χ2v) is 7.94. The third-order valence-corrected chi connectivity index (χ3v) is 5.39. The summed E-state index contributed by atoms with van der Waals surface area (Å²) in [5, 5.41) is 20.9. The first-order valence-corrected chi connectivity index (χ1v) is 11.0. The molecule has 2 aromatic heterocycles. The molecule has 0 aliphatic heterocycles. The standard InChI is InChI=1S/C24H28N4O6/c1-2-3-6-21-25-14-20(28(21)15-16-7-9-17(10-8-16)24(31)32)23(30)26-18(13-22(29)27-33)12-19-5-4-11-34-19/h4-5,7-11,14,18,33H,2-3,6,12-13,15H2,1H3,(H,26,30)(H,27,29)(H,31,32). The first kappa shape index (κ1) is 24.7. The molecule has 0 spiro atoms. The van der Waals surface area contributed by atoms with Crippen LogP contribution in [-0.2, 0) is 24.2 Å². The number of amides is 2. The summed E-state index contributed by atoms with van der Waals surface area (Å²) >= 11 is 0. The van der Waals surface area contributed by atoms with Gasteiger partial charge < -0.3 is 19.4 Å². The molecular weight excluding hydrogens is 440 g/mol. The van der Waals surface area contributed by atoms with Gasteiger partial charge in [0.25, 0.3) is 5.91 Å². The van der Waals surface area contributed by atoms with E-state index >= 15 is 0 Å². The first-order chi connectivity index (χ1) is 16.4. The lowest BCUT2D eigenvalue weighted by atomic mass is 10.1. The van der Waals surface area contributed by atoms with Crippen LogP contribution in [0.15, 0.2) is 53.3 Å². The largest absolute Gasteiger partial charge is 0.478 e. The molecule has 0 aliphatic rings. The van der Waals surface area contributed by atoms with Gasteiger partial charge in [-0.1, -0.05) is 25.5 Å². The number of benzene rings is 1. The number of aryl methyl sites for hydroxylation is 1. The third-order valence-electron chi connectivity index (χ3n) is 5.39. The Balaban J connectivity index is 1.84. The molecule has 180 valence electrons. The lowest BCUT2D eigenvalue weighted by molar-refractivity contribution is -0.129. The Kier molecular flexibility index (Phi) is 8.58. The Morgan fingerprint density at radius 1 is 1.18 bits per heavy atom. The smallest absolute Gasteiger partial charge is 0.335 e. The van der Waals surface area contributed by atoms with Gasteiger partial charge >= 0.3 is 5.97 Å². The zero-order chi connectivity index (χ0) is 24.5. The number of furan rings is 1. The lowest BCUT2D eigenvalue weighted by Gasteiger charge is -2.18. The number of unbranched alkanes of at least 4 members (excludes halogenated alkanes) is 1. The molecule has 0 aliphatic carbocycles. The molecule has 4 N–H and O–H groups in total. The van der Waals surface area contributed by atoms with Gasteiger partial charge in [0.1, 0.15) is 17.3 Å². The van der Waals surface area contributed by atoms with E-state index in [1.54, 1.807) is 34.3 Å². The maximum absolute atomic E-state index is 13.2. The van der Waals surface area contributed by atoms with Crippen LogP contribution in [0.3, 0.4) is 0 Å². The Morgan fingerprint density at radius 3 is 2.56 bits per heavy atom. The van der Waals surface area contributed by atoms with E-state index in [9.17, 15) is 14.4 Å². The minimum Gasteiger partial charge on any atom is -0.478 e. The summed E-state index contributed by atoms with van der Waals surface area (Å²) in [5.41, 5.74) is 2.92. The fourth-order valence-corrected chi connectivity index (χ4v) is 3.62. The second kappa shape index (κ2) is 11.8. The topological polar surface area (TPSA) is 147 Å². The molecular formula is C24H28N4O6. The normalized spacial score (nSPS) is 11.7. The molecule has 0 saturated carbocycles. The number of rotatable bonds is 12. The highest BCUT2D eigenvalue weighted by Gasteiger charge is 2.23. The molecule has 3 aromatic rings. The van der Waals surface area contributed by atoms with E-state index in [0.717, 1.165) is 24.2 Å². The Hall–Kier alpha value is -3.92. The summed E-state index contributed by atoms with van der Waals surface area (Å²) in [4.78, 5) is 40.6. The van der Waals surface area contributed by atoms with Crippen molar-refractivity contribution in [1.29, 1.82) is 0 Å². The van der Waals surface area contributed by atoms with Gasteiger partial charge in [-0.05, 0) is 36.2 Å². The van der Waals surface area contributed by atoms with Crippen molar-refractivity contribution in [3.63, 3.8) is 0 Å². The molecule has 0 bridgehead atoms. The molecule has 1 atom stereocenters. The van der Waals surface area contributed by atoms with Crippen molar-refractivity contribution in [2.24, 2.45) is 0 Å². The summed E-state index contributed by atoms with van der Waals surface area (Å²) in [6, 6.07) is 9.29. The number of nitrogens with zero attached hydrogens (tertiary/aromatic N) is 2. The zero-order valence-electron chi connectivity index (χ0n) is 18.9. The molecule has 10 nitrogen and oxygen atoms in total. The van der Waals surface area contributed by atoms with Crippen LogP contribution in [0.25, 0.3) is 0 Å². The van der Waals surface area contributed by atoms with E-state index in [1.165, 1.54) is 24.6 Å². The maximum Gasteiger partial charge on any atom is 0.335 e. The van der Waals surface area contributed by atoms with Crippen molar-refractivity contribution >= 4 is 17.8 Å². The molecule has 0 radical (unpaired) electrons. The van der Waals surface area contributed by atoms with Crippen LogP contribution in [0.2, 0.25) is 0 Å². The zero-order valence-corrected chi connectivity index (χ0v) is 18.9. The number of carbonyl (C=O) groups excluding carboxylic acids is 2. The Morgan fingerprint density at radius 2 is 1.94 bits per heavy atom. The van der Waals surface area contributed by atoms with Crippen LogP contribution < -0.4 is 10.8 Å². The van der Waals surface area contributed by atoms with Gasteiger partial charge in [-0.3, -0.25) is 14.8 Å². The van der Waals surface area contributed by atoms with Gasteiger partial charge in [0.2, 0.25) is 5.91 Å². The molecule has 10 heteroatoms. The molecule has 0 saturated heterocycles. The molecule has 34 heavy (non-hydrogen) atoms. The van der Waals surface area contributed by atoms with Crippen molar-refractivity contribution in [1.82, 2.24) is 20.3 Å². The molecule has 2 heterocycles. The number of carboxylic acids is 1. The Bertz CT molecular complexity index is 1110.